The predicted molar refractivity (Wildman–Crippen MR) is 54.1 cm³/mol. The maximum atomic E-state index is 11.2. The molecule has 0 unspecified atom stereocenters. The first-order valence-corrected chi connectivity index (χ1v) is 5.70. The van der Waals surface area contributed by atoms with Gasteiger partial charge in [-0.3, -0.25) is 0 Å². The standard InChI is InChI=1S/C9H7NO5S/c11-6-10-16(14,15)5-7-3-1-2-4-8(7)9(12)13/h1-4H,5H2,(H,12,13). The summed E-state index contributed by atoms with van der Waals surface area (Å²) >= 11 is 0. The Morgan fingerprint density at radius 2 is 2.00 bits per heavy atom. The van der Waals surface area contributed by atoms with E-state index < -0.39 is 21.7 Å². The summed E-state index contributed by atoms with van der Waals surface area (Å²) in [4.78, 5) is 20.6. The normalized spacial score (nSPS) is 10.5. The number of sulfonamides is 1. The first-order chi connectivity index (χ1) is 7.46. The van der Waals surface area contributed by atoms with Crippen LogP contribution in [0.2, 0.25) is 0 Å². The van der Waals surface area contributed by atoms with Gasteiger partial charge in [0.25, 0.3) is 16.1 Å². The van der Waals surface area contributed by atoms with Crippen LogP contribution in [-0.2, 0) is 20.6 Å². The first kappa shape index (κ1) is 12.1. The molecule has 0 aromatic heterocycles. The van der Waals surface area contributed by atoms with Crippen molar-refractivity contribution in [1.29, 1.82) is 0 Å². The van der Waals surface area contributed by atoms with Crippen LogP contribution >= 0.6 is 0 Å². The molecule has 16 heavy (non-hydrogen) atoms. The zero-order valence-electron chi connectivity index (χ0n) is 7.95. The average Bonchev–Trinajstić information content (AvgIpc) is 2.17. The van der Waals surface area contributed by atoms with Crippen molar-refractivity contribution in [2.45, 2.75) is 5.75 Å². The molecule has 7 heteroatoms. The van der Waals surface area contributed by atoms with E-state index in [9.17, 15) is 18.0 Å². The minimum Gasteiger partial charge on any atom is -0.478 e. The van der Waals surface area contributed by atoms with Gasteiger partial charge in [0, 0.05) is 0 Å². The molecular weight excluding hydrogens is 234 g/mol. The Hall–Kier alpha value is -1.98. The summed E-state index contributed by atoms with van der Waals surface area (Å²) in [5, 5.41) is 8.79. The highest BCUT2D eigenvalue weighted by molar-refractivity contribution is 7.89. The summed E-state index contributed by atoms with van der Waals surface area (Å²) in [5.74, 6) is -1.87. The molecular formula is C9H7NO5S. The van der Waals surface area contributed by atoms with Crippen molar-refractivity contribution in [1.82, 2.24) is 0 Å². The SMILES string of the molecule is O=C=NS(=O)(=O)Cc1ccccc1C(=O)O. The number of rotatable bonds is 4. The largest absolute Gasteiger partial charge is 0.478 e. The van der Waals surface area contributed by atoms with Crippen LogP contribution in [0.1, 0.15) is 15.9 Å². The molecule has 0 aliphatic rings. The Labute approximate surface area is 91.3 Å². The summed E-state index contributed by atoms with van der Waals surface area (Å²) in [6.45, 7) is 0. The maximum absolute atomic E-state index is 11.2. The Balaban J connectivity index is 3.16. The van der Waals surface area contributed by atoms with Gasteiger partial charge in [0.15, 0.2) is 0 Å². The number of hydrogen-bond acceptors (Lipinski definition) is 4. The minimum atomic E-state index is -4.00. The van der Waals surface area contributed by atoms with E-state index in [1.165, 1.54) is 24.3 Å². The summed E-state index contributed by atoms with van der Waals surface area (Å²) in [5.41, 5.74) is -0.0545. The first-order valence-electron chi connectivity index (χ1n) is 4.09. The third kappa shape index (κ3) is 3.01. The highest BCUT2D eigenvalue weighted by Gasteiger charge is 2.16. The number of aromatic carboxylic acids is 1. The lowest BCUT2D eigenvalue weighted by atomic mass is 10.1. The average molecular weight is 241 g/mol. The molecule has 1 aromatic rings. The van der Waals surface area contributed by atoms with Crippen LogP contribution in [0.25, 0.3) is 0 Å². The van der Waals surface area contributed by atoms with Gasteiger partial charge in [-0.2, -0.15) is 0 Å². The van der Waals surface area contributed by atoms with E-state index in [-0.39, 0.29) is 11.1 Å². The summed E-state index contributed by atoms with van der Waals surface area (Å²) in [6, 6.07) is 5.60. The van der Waals surface area contributed by atoms with E-state index in [2.05, 4.69) is 4.40 Å². The quantitative estimate of drug-likeness (QED) is 0.612. The summed E-state index contributed by atoms with van der Waals surface area (Å²) in [7, 11) is -4.00. The molecule has 0 bridgehead atoms. The van der Waals surface area contributed by atoms with Crippen molar-refractivity contribution >= 4 is 22.1 Å². The van der Waals surface area contributed by atoms with E-state index in [1.807, 2.05) is 0 Å². The fourth-order valence-corrected chi connectivity index (χ4v) is 1.96. The van der Waals surface area contributed by atoms with Crippen LogP contribution in [0, 0.1) is 0 Å². The molecule has 1 N–H and O–H groups in total. The van der Waals surface area contributed by atoms with Crippen LogP contribution in [0.15, 0.2) is 28.7 Å². The fraction of sp³-hybridized carbons (Fsp3) is 0.111. The third-order valence-electron chi connectivity index (χ3n) is 1.76. The minimum absolute atomic E-state index is 0.0778. The highest BCUT2D eigenvalue weighted by Crippen LogP contribution is 2.13. The zero-order chi connectivity index (χ0) is 12.2. The van der Waals surface area contributed by atoms with Crippen LogP contribution in [-0.4, -0.2) is 25.6 Å². The van der Waals surface area contributed by atoms with Crippen molar-refractivity contribution in [2.24, 2.45) is 4.40 Å². The van der Waals surface area contributed by atoms with E-state index in [0.717, 1.165) is 6.08 Å². The molecule has 0 atom stereocenters. The zero-order valence-corrected chi connectivity index (χ0v) is 8.77. The molecule has 0 saturated carbocycles. The summed E-state index contributed by atoms with van der Waals surface area (Å²) in [6.07, 6.45) is 0.917. The molecule has 6 nitrogen and oxygen atoms in total. The van der Waals surface area contributed by atoms with Gasteiger partial charge in [-0.15, -0.1) is 0 Å². The van der Waals surface area contributed by atoms with Gasteiger partial charge in [0.1, 0.15) is 0 Å². The smallest absolute Gasteiger partial charge is 0.335 e. The van der Waals surface area contributed by atoms with Gasteiger partial charge in [-0.1, -0.05) is 22.6 Å². The molecule has 0 radical (unpaired) electrons. The lowest BCUT2D eigenvalue weighted by Gasteiger charge is -2.02. The fourth-order valence-electron chi connectivity index (χ4n) is 1.14. The number of hydrogen-bond donors (Lipinski definition) is 1. The van der Waals surface area contributed by atoms with Crippen molar-refractivity contribution in [3.05, 3.63) is 35.4 Å². The molecule has 0 saturated heterocycles. The van der Waals surface area contributed by atoms with Crippen LogP contribution in [0.4, 0.5) is 0 Å². The lowest BCUT2D eigenvalue weighted by Crippen LogP contribution is -2.07. The predicted octanol–water partition coefficient (Wildman–Crippen LogP) is 0.550. The van der Waals surface area contributed by atoms with Gasteiger partial charge in [-0.25, -0.2) is 18.0 Å². The van der Waals surface area contributed by atoms with Crippen molar-refractivity contribution in [2.75, 3.05) is 0 Å². The molecule has 84 valence electrons. The molecule has 1 rings (SSSR count). The number of carbonyl (C=O) groups is 1. The molecule has 0 spiro atoms. The maximum Gasteiger partial charge on any atom is 0.335 e. The lowest BCUT2D eigenvalue weighted by molar-refractivity contribution is 0.0696. The van der Waals surface area contributed by atoms with Gasteiger partial charge >= 0.3 is 5.97 Å². The van der Waals surface area contributed by atoms with E-state index in [4.69, 9.17) is 5.11 Å². The number of nitrogens with zero attached hydrogens (tertiary/aromatic N) is 1. The van der Waals surface area contributed by atoms with Gasteiger partial charge in [0.05, 0.1) is 11.3 Å². The molecule has 0 amide bonds. The van der Waals surface area contributed by atoms with Crippen LogP contribution in [0.5, 0.6) is 0 Å². The Kier molecular flexibility index (Phi) is 3.55. The molecule has 0 heterocycles. The second kappa shape index (κ2) is 4.69. The van der Waals surface area contributed by atoms with Crippen molar-refractivity contribution in [3.63, 3.8) is 0 Å². The van der Waals surface area contributed by atoms with Gasteiger partial charge < -0.3 is 5.11 Å². The number of carboxylic acids is 1. The van der Waals surface area contributed by atoms with Crippen LogP contribution in [0.3, 0.4) is 0 Å². The van der Waals surface area contributed by atoms with Crippen molar-refractivity contribution in [3.8, 4) is 0 Å². The molecule has 0 aliphatic heterocycles. The molecule has 1 aromatic carbocycles. The molecule has 0 fully saturated rings. The van der Waals surface area contributed by atoms with Gasteiger partial charge in [-0.05, 0) is 11.6 Å². The second-order valence-electron chi connectivity index (χ2n) is 2.87. The van der Waals surface area contributed by atoms with Crippen LogP contribution < -0.4 is 0 Å². The number of carboxylic acid groups (broad SMARTS) is 1. The van der Waals surface area contributed by atoms with Gasteiger partial charge in [0.2, 0.25) is 0 Å². The number of carbonyl (C=O) groups excluding carboxylic acids is 1. The monoisotopic (exact) mass is 241 g/mol. The van der Waals surface area contributed by atoms with E-state index in [0.29, 0.717) is 0 Å². The summed E-state index contributed by atoms with van der Waals surface area (Å²) < 4.78 is 24.9. The topological polar surface area (TPSA) is 101 Å². The number of benzene rings is 1. The van der Waals surface area contributed by atoms with E-state index >= 15 is 0 Å². The van der Waals surface area contributed by atoms with E-state index in [1.54, 1.807) is 0 Å². The Morgan fingerprint density at radius 1 is 1.38 bits per heavy atom. The Morgan fingerprint density at radius 3 is 2.56 bits per heavy atom. The third-order valence-corrected chi connectivity index (χ3v) is 2.79. The van der Waals surface area contributed by atoms with Crippen molar-refractivity contribution < 1.29 is 23.1 Å². The molecule has 0 aliphatic carbocycles. The second-order valence-corrected chi connectivity index (χ2v) is 4.51. The highest BCUT2D eigenvalue weighted by atomic mass is 32.2. The number of isocyanates is 1. The Bertz CT molecular complexity index is 557.